The van der Waals surface area contributed by atoms with E-state index in [9.17, 15) is 22.0 Å². The number of halogens is 5. The third kappa shape index (κ3) is 3.91. The molecule has 0 aromatic heterocycles. The van der Waals surface area contributed by atoms with Crippen LogP contribution in [0, 0.1) is 11.6 Å². The number of benzene rings is 2. The molecule has 0 saturated heterocycles. The van der Waals surface area contributed by atoms with Crippen molar-refractivity contribution in [1.82, 2.24) is 0 Å². The molecule has 2 nitrogen and oxygen atoms in total. The highest BCUT2D eigenvalue weighted by atomic mass is 19.4. The van der Waals surface area contributed by atoms with Crippen molar-refractivity contribution in [2.75, 3.05) is 0 Å². The molecule has 0 aliphatic carbocycles. The molecular formula is C14H10F5NO. The normalized spacial score (nSPS) is 11.5. The van der Waals surface area contributed by atoms with E-state index in [4.69, 9.17) is 5.73 Å². The predicted octanol–water partition coefficient (Wildman–Crippen LogP) is 3.99. The van der Waals surface area contributed by atoms with E-state index >= 15 is 0 Å². The van der Waals surface area contributed by atoms with Crippen LogP contribution in [0.1, 0.15) is 5.56 Å². The molecule has 0 heterocycles. The van der Waals surface area contributed by atoms with Gasteiger partial charge >= 0.3 is 6.36 Å². The van der Waals surface area contributed by atoms with E-state index < -0.39 is 23.7 Å². The lowest BCUT2D eigenvalue weighted by Gasteiger charge is -2.14. The highest BCUT2D eigenvalue weighted by molar-refractivity contribution is 5.66. The van der Waals surface area contributed by atoms with Gasteiger partial charge in [-0.15, -0.1) is 13.2 Å². The van der Waals surface area contributed by atoms with Crippen LogP contribution in [-0.2, 0) is 6.54 Å². The Bertz CT molecular complexity index is 634. The van der Waals surface area contributed by atoms with Crippen molar-refractivity contribution in [2.45, 2.75) is 12.9 Å². The predicted molar refractivity (Wildman–Crippen MR) is 66.4 cm³/mol. The number of alkyl halides is 3. The van der Waals surface area contributed by atoms with Crippen LogP contribution in [0.25, 0.3) is 11.1 Å². The second kappa shape index (κ2) is 5.69. The molecule has 112 valence electrons. The van der Waals surface area contributed by atoms with Crippen LogP contribution in [-0.4, -0.2) is 6.36 Å². The van der Waals surface area contributed by atoms with E-state index in [1.54, 1.807) is 0 Å². The lowest BCUT2D eigenvalue weighted by Crippen LogP contribution is -2.18. The van der Waals surface area contributed by atoms with Gasteiger partial charge in [0, 0.05) is 18.2 Å². The summed E-state index contributed by atoms with van der Waals surface area (Å²) in [6.45, 7) is -0.211. The minimum absolute atomic E-state index is 0.0782. The van der Waals surface area contributed by atoms with Crippen molar-refractivity contribution in [3.63, 3.8) is 0 Å². The first-order valence-corrected chi connectivity index (χ1v) is 5.84. The van der Waals surface area contributed by atoms with Crippen LogP contribution in [0.5, 0.6) is 5.75 Å². The summed E-state index contributed by atoms with van der Waals surface area (Å²) in [7, 11) is 0. The van der Waals surface area contributed by atoms with Crippen molar-refractivity contribution < 1.29 is 26.7 Å². The van der Waals surface area contributed by atoms with Crippen molar-refractivity contribution >= 4 is 0 Å². The van der Waals surface area contributed by atoms with Gasteiger partial charge in [-0.2, -0.15) is 0 Å². The van der Waals surface area contributed by atoms with Gasteiger partial charge in [0.05, 0.1) is 0 Å². The summed E-state index contributed by atoms with van der Waals surface area (Å²) in [4.78, 5) is 0. The second-order valence-corrected chi connectivity index (χ2v) is 4.23. The summed E-state index contributed by atoms with van der Waals surface area (Å²) >= 11 is 0. The Hall–Kier alpha value is -2.15. The fraction of sp³-hybridized carbons (Fsp3) is 0.143. The average Bonchev–Trinajstić information content (AvgIpc) is 2.36. The number of rotatable bonds is 3. The molecule has 2 aromatic rings. The maximum Gasteiger partial charge on any atom is 0.573 e. The monoisotopic (exact) mass is 303 g/mol. The third-order valence-corrected chi connectivity index (χ3v) is 2.70. The molecular weight excluding hydrogens is 293 g/mol. The highest BCUT2D eigenvalue weighted by Gasteiger charge is 2.32. The average molecular weight is 303 g/mol. The number of ether oxygens (including phenoxy) is 1. The van der Waals surface area contributed by atoms with Gasteiger partial charge in [-0.05, 0) is 35.4 Å². The summed E-state index contributed by atoms with van der Waals surface area (Å²) in [5.74, 6) is -2.00. The largest absolute Gasteiger partial charge is 0.573 e. The standard InChI is InChI=1S/C14H10F5NO/c15-11-4-9(5-12(16)6-11)8-1-2-13(10(3-8)7-20)21-14(17,18)19/h1-6H,7,20H2. The Morgan fingerprint density at radius 1 is 0.905 bits per heavy atom. The zero-order valence-corrected chi connectivity index (χ0v) is 10.5. The van der Waals surface area contributed by atoms with Gasteiger partial charge in [-0.1, -0.05) is 6.07 Å². The highest BCUT2D eigenvalue weighted by Crippen LogP contribution is 2.31. The third-order valence-electron chi connectivity index (χ3n) is 2.70. The first-order valence-electron chi connectivity index (χ1n) is 5.84. The molecule has 0 bridgehead atoms. The van der Waals surface area contributed by atoms with E-state index in [1.165, 1.54) is 12.1 Å². The zero-order valence-electron chi connectivity index (χ0n) is 10.5. The molecule has 2 N–H and O–H groups in total. The molecule has 21 heavy (non-hydrogen) atoms. The fourth-order valence-corrected chi connectivity index (χ4v) is 1.86. The molecule has 2 rings (SSSR count). The van der Waals surface area contributed by atoms with Gasteiger partial charge in [-0.25, -0.2) is 8.78 Å². The van der Waals surface area contributed by atoms with E-state index in [1.807, 2.05) is 0 Å². The second-order valence-electron chi connectivity index (χ2n) is 4.23. The van der Waals surface area contributed by atoms with E-state index in [0.717, 1.165) is 18.2 Å². The summed E-state index contributed by atoms with van der Waals surface area (Å²) in [6.07, 6.45) is -4.84. The first-order chi connectivity index (χ1) is 9.78. The van der Waals surface area contributed by atoms with Crippen LogP contribution in [0.2, 0.25) is 0 Å². The lowest BCUT2D eigenvalue weighted by molar-refractivity contribution is -0.274. The minimum atomic E-state index is -4.84. The Kier molecular flexibility index (Phi) is 4.13. The quantitative estimate of drug-likeness (QED) is 0.870. The summed E-state index contributed by atoms with van der Waals surface area (Å²) in [5, 5.41) is 0. The molecule has 0 radical (unpaired) electrons. The zero-order chi connectivity index (χ0) is 15.6. The molecule has 0 fully saturated rings. The first kappa shape index (κ1) is 15.2. The van der Waals surface area contributed by atoms with E-state index in [-0.39, 0.29) is 17.7 Å². The molecule has 0 saturated carbocycles. The van der Waals surface area contributed by atoms with Gasteiger partial charge in [-0.3, -0.25) is 0 Å². The van der Waals surface area contributed by atoms with Crippen LogP contribution in [0.15, 0.2) is 36.4 Å². The van der Waals surface area contributed by atoms with Gasteiger partial charge in [0.25, 0.3) is 0 Å². The number of nitrogens with two attached hydrogens (primary N) is 1. The smallest absolute Gasteiger partial charge is 0.405 e. The summed E-state index contributed by atoms with van der Waals surface area (Å²) in [6, 6.07) is 6.48. The van der Waals surface area contributed by atoms with E-state index in [2.05, 4.69) is 4.74 Å². The molecule has 0 aliphatic rings. The molecule has 0 spiro atoms. The molecule has 2 aromatic carbocycles. The van der Waals surface area contributed by atoms with Crippen molar-refractivity contribution in [3.8, 4) is 16.9 Å². The molecule has 0 amide bonds. The Balaban J connectivity index is 2.43. The van der Waals surface area contributed by atoms with Crippen molar-refractivity contribution in [3.05, 3.63) is 53.6 Å². The van der Waals surface area contributed by atoms with Gasteiger partial charge in [0.15, 0.2) is 0 Å². The Morgan fingerprint density at radius 2 is 1.52 bits per heavy atom. The molecule has 0 unspecified atom stereocenters. The molecule has 0 atom stereocenters. The molecule has 7 heteroatoms. The van der Waals surface area contributed by atoms with E-state index in [0.29, 0.717) is 11.6 Å². The fourth-order valence-electron chi connectivity index (χ4n) is 1.86. The maximum atomic E-state index is 13.2. The Morgan fingerprint density at radius 3 is 2.05 bits per heavy atom. The van der Waals surface area contributed by atoms with Crippen molar-refractivity contribution in [2.24, 2.45) is 5.73 Å². The topological polar surface area (TPSA) is 35.2 Å². The SMILES string of the molecule is NCc1cc(-c2cc(F)cc(F)c2)ccc1OC(F)(F)F. The van der Waals surface area contributed by atoms with Crippen LogP contribution < -0.4 is 10.5 Å². The number of hydrogen-bond acceptors (Lipinski definition) is 2. The van der Waals surface area contributed by atoms with Gasteiger partial charge in [0.1, 0.15) is 17.4 Å². The van der Waals surface area contributed by atoms with Gasteiger partial charge in [0.2, 0.25) is 0 Å². The summed E-state index contributed by atoms with van der Waals surface area (Å²) in [5.41, 5.74) is 5.99. The summed E-state index contributed by atoms with van der Waals surface area (Å²) < 4.78 is 66.8. The van der Waals surface area contributed by atoms with Crippen molar-refractivity contribution in [1.29, 1.82) is 0 Å². The maximum absolute atomic E-state index is 13.2. The number of hydrogen-bond donors (Lipinski definition) is 1. The Labute approximate surface area is 116 Å². The lowest BCUT2D eigenvalue weighted by atomic mass is 10.0. The van der Waals surface area contributed by atoms with Crippen LogP contribution in [0.4, 0.5) is 22.0 Å². The molecule has 0 aliphatic heterocycles. The van der Waals surface area contributed by atoms with Crippen LogP contribution in [0.3, 0.4) is 0 Å². The van der Waals surface area contributed by atoms with Crippen LogP contribution >= 0.6 is 0 Å². The van der Waals surface area contributed by atoms with Gasteiger partial charge < -0.3 is 10.5 Å². The minimum Gasteiger partial charge on any atom is -0.405 e.